The minimum atomic E-state index is -0.693. The molecule has 3 aromatic heterocycles. The summed E-state index contributed by atoms with van der Waals surface area (Å²) in [6.45, 7) is 2.48. The summed E-state index contributed by atoms with van der Waals surface area (Å²) in [6, 6.07) is 4.96. The summed E-state index contributed by atoms with van der Waals surface area (Å²) in [6.07, 6.45) is -0.237. The minimum absolute atomic E-state index is 0.0465. The van der Waals surface area contributed by atoms with Crippen molar-refractivity contribution in [2.45, 2.75) is 31.9 Å². The van der Waals surface area contributed by atoms with Crippen LogP contribution in [0, 0.1) is 6.92 Å². The lowest BCUT2D eigenvalue weighted by Gasteiger charge is -2.36. The molecule has 1 saturated heterocycles. The summed E-state index contributed by atoms with van der Waals surface area (Å²) in [5, 5.41) is 18.8. The highest BCUT2D eigenvalue weighted by Crippen LogP contribution is 2.23. The van der Waals surface area contributed by atoms with Crippen molar-refractivity contribution in [2.24, 2.45) is 0 Å². The number of H-pyrrole nitrogens is 1. The molecule has 9 heteroatoms. The zero-order valence-electron chi connectivity index (χ0n) is 14.8. The molecular formula is C18H20N4O4S. The molecule has 2 amide bonds. The third-order valence-electron chi connectivity index (χ3n) is 4.69. The van der Waals surface area contributed by atoms with Crippen LogP contribution in [0.5, 0.6) is 0 Å². The van der Waals surface area contributed by atoms with Gasteiger partial charge in [-0.3, -0.25) is 9.59 Å². The van der Waals surface area contributed by atoms with Crippen molar-refractivity contribution in [3.05, 3.63) is 40.7 Å². The van der Waals surface area contributed by atoms with E-state index in [1.807, 2.05) is 17.5 Å². The van der Waals surface area contributed by atoms with Crippen LogP contribution >= 0.6 is 11.3 Å². The van der Waals surface area contributed by atoms with Crippen molar-refractivity contribution in [2.75, 3.05) is 13.1 Å². The Morgan fingerprint density at radius 3 is 3.07 bits per heavy atom. The quantitative estimate of drug-likeness (QED) is 0.627. The van der Waals surface area contributed by atoms with Crippen LogP contribution < -0.4 is 5.32 Å². The Morgan fingerprint density at radius 1 is 1.48 bits per heavy atom. The van der Waals surface area contributed by atoms with Crippen molar-refractivity contribution in [1.29, 1.82) is 0 Å². The van der Waals surface area contributed by atoms with Gasteiger partial charge in [-0.1, -0.05) is 5.16 Å². The van der Waals surface area contributed by atoms with Crippen molar-refractivity contribution >= 4 is 33.4 Å². The smallest absolute Gasteiger partial charge is 0.270 e. The van der Waals surface area contributed by atoms with Crippen LogP contribution in [0.1, 0.15) is 28.4 Å². The third-order valence-corrected chi connectivity index (χ3v) is 5.56. The van der Waals surface area contributed by atoms with Crippen LogP contribution in [-0.4, -0.2) is 57.2 Å². The number of carbonyl (C=O) groups excluding carboxylic acids is 2. The number of aromatic nitrogens is 2. The Hall–Kier alpha value is -2.65. The predicted molar refractivity (Wildman–Crippen MR) is 99.6 cm³/mol. The van der Waals surface area contributed by atoms with E-state index in [0.717, 1.165) is 10.2 Å². The zero-order chi connectivity index (χ0) is 19.0. The van der Waals surface area contributed by atoms with E-state index >= 15 is 0 Å². The molecule has 4 rings (SSSR count). The van der Waals surface area contributed by atoms with Gasteiger partial charge in [0.1, 0.15) is 11.5 Å². The van der Waals surface area contributed by atoms with Gasteiger partial charge in [-0.2, -0.15) is 0 Å². The van der Waals surface area contributed by atoms with Crippen molar-refractivity contribution in [3.63, 3.8) is 0 Å². The van der Waals surface area contributed by atoms with Crippen molar-refractivity contribution < 1.29 is 19.2 Å². The molecule has 3 N–H and O–H groups in total. The molecule has 0 radical (unpaired) electrons. The van der Waals surface area contributed by atoms with Crippen LogP contribution in [-0.2, 0) is 11.2 Å². The van der Waals surface area contributed by atoms with Gasteiger partial charge in [0.25, 0.3) is 5.91 Å². The van der Waals surface area contributed by atoms with Gasteiger partial charge in [-0.25, -0.2) is 0 Å². The molecule has 2 atom stereocenters. The third kappa shape index (κ3) is 3.74. The van der Waals surface area contributed by atoms with E-state index in [-0.39, 0.29) is 24.8 Å². The van der Waals surface area contributed by atoms with Crippen molar-refractivity contribution in [3.8, 4) is 0 Å². The highest BCUT2D eigenvalue weighted by atomic mass is 32.1. The van der Waals surface area contributed by atoms with Gasteiger partial charge < -0.3 is 24.8 Å². The lowest BCUT2D eigenvalue weighted by Crippen LogP contribution is -2.56. The number of likely N-dealkylation sites (tertiary alicyclic amines) is 1. The Labute approximate surface area is 159 Å². The molecule has 0 saturated carbocycles. The molecule has 0 aliphatic carbocycles. The molecule has 1 aliphatic heterocycles. The average Bonchev–Trinajstić information content (AvgIpc) is 3.32. The molecule has 0 aromatic carbocycles. The van der Waals surface area contributed by atoms with Gasteiger partial charge in [0.05, 0.1) is 34.5 Å². The molecule has 142 valence electrons. The number of aliphatic hydroxyl groups is 1. The van der Waals surface area contributed by atoms with Crippen LogP contribution in [0.15, 0.2) is 28.1 Å². The summed E-state index contributed by atoms with van der Waals surface area (Å²) in [7, 11) is 0. The standard InChI is InChI=1S/C18H20N4O4S/c1-10-6-11(26-21-10)7-17(24)20-14-9-22(4-2-15(14)23)18(25)13-8-16-12(19-13)3-5-27-16/h3,5-6,8,14-15,19,23H,2,4,7,9H2,1H3,(H,20,24)/t14-,15+/m1/s1. The van der Waals surface area contributed by atoms with Crippen molar-refractivity contribution in [1.82, 2.24) is 20.4 Å². The fraction of sp³-hybridized carbons (Fsp3) is 0.389. The number of hydrogen-bond acceptors (Lipinski definition) is 6. The van der Waals surface area contributed by atoms with Gasteiger partial charge in [0, 0.05) is 19.2 Å². The molecule has 1 aliphatic rings. The first-order chi connectivity index (χ1) is 13.0. The fourth-order valence-electron chi connectivity index (χ4n) is 3.32. The van der Waals surface area contributed by atoms with Crippen LogP contribution in [0.2, 0.25) is 0 Å². The van der Waals surface area contributed by atoms with E-state index < -0.39 is 12.1 Å². The zero-order valence-corrected chi connectivity index (χ0v) is 15.6. The number of piperidine rings is 1. The fourth-order valence-corrected chi connectivity index (χ4v) is 4.10. The van der Waals surface area contributed by atoms with Gasteiger partial charge in [-0.15, -0.1) is 11.3 Å². The number of amides is 2. The van der Waals surface area contributed by atoms with Gasteiger partial charge in [0.15, 0.2) is 0 Å². The van der Waals surface area contributed by atoms with Crippen LogP contribution in [0.3, 0.4) is 0 Å². The first-order valence-corrected chi connectivity index (χ1v) is 9.62. The summed E-state index contributed by atoms with van der Waals surface area (Å²) in [5.41, 5.74) is 2.17. The highest BCUT2D eigenvalue weighted by Gasteiger charge is 2.32. The maximum atomic E-state index is 12.8. The normalized spacial score (nSPS) is 20.1. The number of nitrogens with one attached hydrogen (secondary N) is 2. The number of aliphatic hydroxyl groups excluding tert-OH is 1. The second-order valence-electron chi connectivity index (χ2n) is 6.77. The highest BCUT2D eigenvalue weighted by molar-refractivity contribution is 7.17. The first kappa shape index (κ1) is 17.7. The number of aryl methyl sites for hydroxylation is 1. The van der Waals surface area contributed by atoms with E-state index in [2.05, 4.69) is 15.5 Å². The average molecular weight is 388 g/mol. The molecule has 27 heavy (non-hydrogen) atoms. The Bertz CT molecular complexity index is 946. The lowest BCUT2D eigenvalue weighted by atomic mass is 10.0. The number of hydrogen-bond donors (Lipinski definition) is 3. The summed E-state index contributed by atoms with van der Waals surface area (Å²) in [4.78, 5) is 29.8. The summed E-state index contributed by atoms with van der Waals surface area (Å²) in [5.74, 6) is 0.0648. The van der Waals surface area contributed by atoms with E-state index in [9.17, 15) is 14.7 Å². The molecule has 0 unspecified atom stereocenters. The molecular weight excluding hydrogens is 368 g/mol. The second kappa shape index (κ2) is 7.16. The number of aromatic amines is 1. The van der Waals surface area contributed by atoms with E-state index in [1.54, 1.807) is 29.2 Å². The van der Waals surface area contributed by atoms with E-state index in [0.29, 0.717) is 30.1 Å². The summed E-state index contributed by atoms with van der Waals surface area (Å²) < 4.78 is 6.08. The maximum Gasteiger partial charge on any atom is 0.270 e. The predicted octanol–water partition coefficient (Wildman–Crippen LogP) is 1.46. The van der Waals surface area contributed by atoms with Gasteiger partial charge in [0.2, 0.25) is 5.91 Å². The number of nitrogens with zero attached hydrogens (tertiary/aromatic N) is 2. The Morgan fingerprint density at radius 2 is 2.33 bits per heavy atom. The summed E-state index contributed by atoms with van der Waals surface area (Å²) >= 11 is 1.57. The van der Waals surface area contributed by atoms with E-state index in [1.165, 1.54) is 0 Å². The maximum absolute atomic E-state index is 12.8. The van der Waals surface area contributed by atoms with Gasteiger partial charge >= 0.3 is 0 Å². The molecule has 0 bridgehead atoms. The van der Waals surface area contributed by atoms with Crippen LogP contribution in [0.4, 0.5) is 0 Å². The minimum Gasteiger partial charge on any atom is -0.391 e. The second-order valence-corrected chi connectivity index (χ2v) is 7.72. The molecule has 1 fully saturated rings. The largest absolute Gasteiger partial charge is 0.391 e. The molecule has 0 spiro atoms. The topological polar surface area (TPSA) is 111 Å². The van der Waals surface area contributed by atoms with Crippen LogP contribution in [0.25, 0.3) is 10.2 Å². The Kier molecular flexibility index (Phi) is 4.71. The molecule has 4 heterocycles. The SMILES string of the molecule is Cc1cc(CC(=O)N[C@@H]2CN(C(=O)c3cc4sccc4[nH]3)CC[C@@H]2O)on1. The monoisotopic (exact) mass is 388 g/mol. The molecule has 8 nitrogen and oxygen atoms in total. The van der Waals surface area contributed by atoms with E-state index in [4.69, 9.17) is 4.52 Å². The number of carbonyl (C=O) groups is 2. The number of thiophene rings is 1. The molecule has 3 aromatic rings. The number of rotatable bonds is 4. The number of fused-ring (bicyclic) bond motifs is 1. The Balaban J connectivity index is 1.40. The first-order valence-electron chi connectivity index (χ1n) is 8.74. The van der Waals surface area contributed by atoms with Gasteiger partial charge in [-0.05, 0) is 30.9 Å². The lowest BCUT2D eigenvalue weighted by molar-refractivity contribution is -0.122.